The molecule has 3 heterocycles. The number of hydrogen-bond donors (Lipinski definition) is 1. The van der Waals surface area contributed by atoms with Crippen LogP contribution in [0.1, 0.15) is 32.2 Å². The van der Waals surface area contributed by atoms with Gasteiger partial charge < -0.3 is 9.30 Å². The number of H-pyrrole nitrogens is 1. The van der Waals surface area contributed by atoms with Gasteiger partial charge in [0.1, 0.15) is 5.82 Å². The van der Waals surface area contributed by atoms with Crippen LogP contribution >= 0.6 is 0 Å². The number of fused-ring (bicyclic) bond motifs is 1. The van der Waals surface area contributed by atoms with Crippen molar-refractivity contribution in [1.29, 1.82) is 0 Å². The normalized spacial score (nSPS) is 11.6. The highest BCUT2D eigenvalue weighted by atomic mass is 16.5. The Bertz CT molecular complexity index is 1700. The molecule has 0 saturated heterocycles. The molecule has 0 atom stereocenters. The highest BCUT2D eigenvalue weighted by Crippen LogP contribution is 2.30. The third-order valence-electron chi connectivity index (χ3n) is 6.71. The first kappa shape index (κ1) is 26.2. The Morgan fingerprint density at radius 3 is 2.36 bits per heavy atom. The van der Waals surface area contributed by atoms with Gasteiger partial charge in [0, 0.05) is 32.2 Å². The van der Waals surface area contributed by atoms with Gasteiger partial charge in [0.2, 0.25) is 0 Å². The van der Waals surface area contributed by atoms with Gasteiger partial charge in [0.15, 0.2) is 17.0 Å². The van der Waals surface area contributed by atoms with Crippen LogP contribution in [0.25, 0.3) is 33.7 Å². The molecule has 5 aromatic rings. The molecule has 0 bridgehead atoms. The number of aryl methyl sites for hydroxylation is 1. The lowest BCUT2D eigenvalue weighted by Crippen LogP contribution is -2.42. The summed E-state index contributed by atoms with van der Waals surface area (Å²) in [4.78, 5) is 31.7. The molecule has 0 amide bonds. The molecule has 3 aromatic heterocycles. The number of hydrogen-bond acceptors (Lipinski definition) is 7. The molecule has 1 N–H and O–H groups in total. The summed E-state index contributed by atoms with van der Waals surface area (Å²) in [5.74, 6) is 1.49. The van der Waals surface area contributed by atoms with Crippen molar-refractivity contribution in [3.63, 3.8) is 0 Å². The van der Waals surface area contributed by atoms with Gasteiger partial charge >= 0.3 is 5.69 Å². The van der Waals surface area contributed by atoms with E-state index in [1.54, 1.807) is 11.7 Å². The van der Waals surface area contributed by atoms with Crippen LogP contribution in [0, 0.1) is 5.92 Å². The second kappa shape index (κ2) is 11.2. The monoisotopic (exact) mass is 528 g/mol. The van der Waals surface area contributed by atoms with E-state index in [0.29, 0.717) is 49.7 Å². The van der Waals surface area contributed by atoms with E-state index in [0.717, 1.165) is 28.1 Å². The summed E-state index contributed by atoms with van der Waals surface area (Å²) in [6.07, 6.45) is 0.618. The van der Waals surface area contributed by atoms with E-state index in [1.807, 2.05) is 73.9 Å². The fourth-order valence-electron chi connectivity index (χ4n) is 4.87. The summed E-state index contributed by atoms with van der Waals surface area (Å²) < 4.78 is 10.1. The standard InChI is InChI=1S/C28H32N8O3/c1-5-23-29-26-24(27(37)36(16-18(2)3)28(38)34(26)14-15-39-4)35(23)17-19-10-12-20(13-11-19)21-8-6-7-9-22(21)25-30-32-33-31-25/h6-13,18H,5,14-17H2,1-4H3,(H,30,31,32,33). The highest BCUT2D eigenvalue weighted by Gasteiger charge is 2.22. The molecule has 2 aromatic carbocycles. The molecular formula is C28H32N8O3. The fourth-order valence-corrected chi connectivity index (χ4v) is 4.87. The Labute approximate surface area is 225 Å². The third-order valence-corrected chi connectivity index (χ3v) is 6.71. The van der Waals surface area contributed by atoms with Gasteiger partial charge in [-0.3, -0.25) is 13.9 Å². The Morgan fingerprint density at radius 2 is 1.72 bits per heavy atom. The molecule has 0 fully saturated rings. The van der Waals surface area contributed by atoms with Gasteiger partial charge in [-0.1, -0.05) is 69.3 Å². The number of tetrazole rings is 1. The molecule has 0 radical (unpaired) electrons. The minimum Gasteiger partial charge on any atom is -0.383 e. The van der Waals surface area contributed by atoms with Crippen LogP contribution in [0.2, 0.25) is 0 Å². The minimum atomic E-state index is -0.351. The molecule has 39 heavy (non-hydrogen) atoms. The van der Waals surface area contributed by atoms with Gasteiger partial charge in [-0.15, -0.1) is 5.10 Å². The number of aromatic nitrogens is 8. The minimum absolute atomic E-state index is 0.133. The van der Waals surface area contributed by atoms with Crippen molar-refractivity contribution < 1.29 is 4.74 Å². The molecule has 11 nitrogen and oxygen atoms in total. The average Bonchev–Trinajstić information content (AvgIpc) is 3.60. The van der Waals surface area contributed by atoms with Gasteiger partial charge in [-0.25, -0.2) is 14.9 Å². The zero-order valence-corrected chi connectivity index (χ0v) is 22.6. The second-order valence-electron chi connectivity index (χ2n) is 9.87. The van der Waals surface area contributed by atoms with Crippen LogP contribution in [-0.2, 0) is 30.8 Å². The molecule has 0 spiro atoms. The van der Waals surface area contributed by atoms with Crippen molar-refractivity contribution >= 4 is 11.2 Å². The summed E-state index contributed by atoms with van der Waals surface area (Å²) in [5, 5.41) is 14.3. The average molecular weight is 529 g/mol. The maximum absolute atomic E-state index is 13.7. The molecule has 202 valence electrons. The van der Waals surface area contributed by atoms with Gasteiger partial charge in [-0.2, -0.15) is 0 Å². The van der Waals surface area contributed by atoms with Crippen LogP contribution in [-0.4, -0.2) is 53.0 Å². The maximum atomic E-state index is 13.7. The summed E-state index contributed by atoms with van der Waals surface area (Å²) in [5.41, 5.74) is 4.13. The Hall–Kier alpha value is -4.38. The van der Waals surface area contributed by atoms with Crippen molar-refractivity contribution in [3.8, 4) is 22.5 Å². The largest absolute Gasteiger partial charge is 0.383 e. The molecule has 0 aliphatic rings. The zero-order valence-electron chi connectivity index (χ0n) is 22.6. The quantitative estimate of drug-likeness (QED) is 0.295. The fraction of sp³-hybridized carbons (Fsp3) is 0.357. The van der Waals surface area contributed by atoms with E-state index in [-0.39, 0.29) is 17.2 Å². The SMILES string of the molecule is CCc1nc2c(c(=O)n(CC(C)C)c(=O)n2CCOC)n1Cc1ccc(-c2ccccc2-c2nnn[nH]2)cc1. The van der Waals surface area contributed by atoms with Crippen LogP contribution in [0.4, 0.5) is 0 Å². The maximum Gasteiger partial charge on any atom is 0.332 e. The predicted octanol–water partition coefficient (Wildman–Crippen LogP) is 3.12. The van der Waals surface area contributed by atoms with Crippen molar-refractivity contribution in [3.05, 3.63) is 80.8 Å². The number of methoxy groups -OCH3 is 1. The topological polar surface area (TPSA) is 126 Å². The number of nitrogens with one attached hydrogen (secondary N) is 1. The van der Waals surface area contributed by atoms with Crippen molar-refractivity contribution in [2.24, 2.45) is 5.92 Å². The number of aromatic amines is 1. The van der Waals surface area contributed by atoms with E-state index >= 15 is 0 Å². The number of ether oxygens (including phenoxy) is 1. The van der Waals surface area contributed by atoms with Crippen LogP contribution in [0.15, 0.2) is 58.1 Å². The predicted molar refractivity (Wildman–Crippen MR) is 148 cm³/mol. The van der Waals surface area contributed by atoms with E-state index in [2.05, 4.69) is 20.6 Å². The third kappa shape index (κ3) is 5.05. The number of nitrogens with zero attached hydrogens (tertiary/aromatic N) is 7. The van der Waals surface area contributed by atoms with E-state index in [1.165, 1.54) is 4.57 Å². The number of benzene rings is 2. The van der Waals surface area contributed by atoms with E-state index < -0.39 is 0 Å². The van der Waals surface area contributed by atoms with Crippen LogP contribution in [0.3, 0.4) is 0 Å². The van der Waals surface area contributed by atoms with Crippen LogP contribution < -0.4 is 11.2 Å². The summed E-state index contributed by atoms with van der Waals surface area (Å²) in [6, 6.07) is 16.1. The van der Waals surface area contributed by atoms with Crippen LogP contribution in [0.5, 0.6) is 0 Å². The van der Waals surface area contributed by atoms with E-state index in [4.69, 9.17) is 9.72 Å². The summed E-state index contributed by atoms with van der Waals surface area (Å²) in [7, 11) is 1.59. The van der Waals surface area contributed by atoms with Crippen molar-refractivity contribution in [2.45, 2.75) is 46.8 Å². The lowest BCUT2D eigenvalue weighted by Gasteiger charge is -2.14. The van der Waals surface area contributed by atoms with Gasteiger partial charge in [-0.05, 0) is 33.0 Å². The molecule has 0 aliphatic carbocycles. The Morgan fingerprint density at radius 1 is 0.974 bits per heavy atom. The smallest absolute Gasteiger partial charge is 0.332 e. The van der Waals surface area contributed by atoms with Crippen molar-refractivity contribution in [1.82, 2.24) is 39.3 Å². The molecule has 11 heteroatoms. The second-order valence-corrected chi connectivity index (χ2v) is 9.87. The first-order chi connectivity index (χ1) is 18.9. The molecule has 0 unspecified atom stereocenters. The summed E-state index contributed by atoms with van der Waals surface area (Å²) >= 11 is 0. The Balaban J connectivity index is 1.58. The Kier molecular flexibility index (Phi) is 7.51. The van der Waals surface area contributed by atoms with Crippen molar-refractivity contribution in [2.75, 3.05) is 13.7 Å². The molecule has 0 aliphatic heterocycles. The summed E-state index contributed by atoms with van der Waals surface area (Å²) in [6.45, 7) is 7.43. The highest BCUT2D eigenvalue weighted by molar-refractivity contribution is 5.80. The molecular weight excluding hydrogens is 496 g/mol. The molecule has 0 saturated carbocycles. The van der Waals surface area contributed by atoms with E-state index in [9.17, 15) is 9.59 Å². The first-order valence-electron chi connectivity index (χ1n) is 13.1. The lowest BCUT2D eigenvalue weighted by molar-refractivity contribution is 0.186. The van der Waals surface area contributed by atoms with Gasteiger partial charge in [0.25, 0.3) is 5.56 Å². The first-order valence-corrected chi connectivity index (χ1v) is 13.1. The molecule has 5 rings (SSSR count). The number of rotatable bonds is 10. The van der Waals surface area contributed by atoms with Gasteiger partial charge in [0.05, 0.1) is 13.2 Å². The lowest BCUT2D eigenvalue weighted by atomic mass is 9.98. The zero-order chi connectivity index (χ0) is 27.5. The number of imidazole rings is 1.